The fraction of sp³-hybridized carbons (Fsp3) is 0.350. The van der Waals surface area contributed by atoms with Crippen LogP contribution >= 0.6 is 11.8 Å². The fourth-order valence-electron chi connectivity index (χ4n) is 3.14. The molecule has 2 aromatic carbocycles. The highest BCUT2D eigenvalue weighted by Gasteiger charge is 2.21. The molecule has 0 spiro atoms. The minimum absolute atomic E-state index is 0.0353. The Balaban J connectivity index is 1.78. The van der Waals surface area contributed by atoms with Gasteiger partial charge in [0, 0.05) is 22.6 Å². The van der Waals surface area contributed by atoms with Gasteiger partial charge in [-0.2, -0.15) is 0 Å². The Kier molecular flexibility index (Phi) is 5.93. The molecule has 136 valence electrons. The van der Waals surface area contributed by atoms with Crippen LogP contribution in [-0.2, 0) is 0 Å². The molecular weight excluding hydrogens is 348 g/mol. The summed E-state index contributed by atoms with van der Waals surface area (Å²) in [5.74, 6) is -0.230. The zero-order valence-corrected chi connectivity index (χ0v) is 15.6. The number of nitrogens with one attached hydrogen (secondary N) is 1. The highest BCUT2D eigenvalue weighted by molar-refractivity contribution is 7.99. The predicted molar refractivity (Wildman–Crippen MR) is 103 cm³/mol. The smallest absolute Gasteiger partial charge is 0.284 e. The van der Waals surface area contributed by atoms with Crippen molar-refractivity contribution in [1.29, 1.82) is 0 Å². The van der Waals surface area contributed by atoms with Crippen molar-refractivity contribution in [3.8, 4) is 0 Å². The normalized spacial score (nSPS) is 14.8. The second-order valence-electron chi connectivity index (χ2n) is 6.66. The number of hydrogen-bond acceptors (Lipinski definition) is 4. The molecule has 1 amide bonds. The third-order valence-corrected chi connectivity index (χ3v) is 5.68. The van der Waals surface area contributed by atoms with Crippen molar-refractivity contribution in [1.82, 2.24) is 5.32 Å². The van der Waals surface area contributed by atoms with Crippen LogP contribution in [0.15, 0.2) is 52.3 Å². The number of nitro benzene ring substituents is 1. The van der Waals surface area contributed by atoms with Crippen molar-refractivity contribution < 1.29 is 9.72 Å². The van der Waals surface area contributed by atoms with Crippen LogP contribution in [-0.4, -0.2) is 16.9 Å². The first-order chi connectivity index (χ1) is 12.5. The van der Waals surface area contributed by atoms with Crippen LogP contribution in [0, 0.1) is 17.0 Å². The van der Waals surface area contributed by atoms with Crippen LogP contribution in [0.25, 0.3) is 0 Å². The highest BCUT2D eigenvalue weighted by Crippen LogP contribution is 2.35. The van der Waals surface area contributed by atoms with Gasteiger partial charge in [0.2, 0.25) is 0 Å². The van der Waals surface area contributed by atoms with E-state index in [1.54, 1.807) is 12.1 Å². The standard InChI is InChI=1S/C20H22N2O3S/c1-14-7-10-17(11-8-14)26-19-12-9-15(13-18(19)22(24)25)20(23)21-16-5-3-2-4-6-16/h7-13,16H,2-6H2,1H3,(H,21,23). The minimum atomic E-state index is -0.423. The maximum atomic E-state index is 12.5. The van der Waals surface area contributed by atoms with E-state index < -0.39 is 4.92 Å². The zero-order valence-electron chi connectivity index (χ0n) is 14.7. The van der Waals surface area contributed by atoms with Crippen LogP contribution < -0.4 is 5.32 Å². The van der Waals surface area contributed by atoms with Gasteiger partial charge in [-0.05, 0) is 44.0 Å². The van der Waals surface area contributed by atoms with Crippen LogP contribution in [0.2, 0.25) is 0 Å². The Morgan fingerprint density at radius 2 is 1.81 bits per heavy atom. The molecule has 0 aromatic heterocycles. The topological polar surface area (TPSA) is 72.2 Å². The number of nitrogens with zero attached hydrogens (tertiary/aromatic N) is 1. The van der Waals surface area contributed by atoms with E-state index in [4.69, 9.17) is 0 Å². The number of nitro groups is 1. The molecule has 6 heteroatoms. The van der Waals surface area contributed by atoms with E-state index >= 15 is 0 Å². The Morgan fingerprint density at radius 3 is 2.46 bits per heavy atom. The van der Waals surface area contributed by atoms with Crippen molar-refractivity contribution in [2.24, 2.45) is 0 Å². The molecule has 0 heterocycles. The van der Waals surface area contributed by atoms with Crippen molar-refractivity contribution >= 4 is 23.4 Å². The average molecular weight is 370 g/mol. The van der Waals surface area contributed by atoms with Crippen LogP contribution in [0.5, 0.6) is 0 Å². The van der Waals surface area contributed by atoms with E-state index in [1.807, 2.05) is 31.2 Å². The lowest BCUT2D eigenvalue weighted by atomic mass is 9.95. The SMILES string of the molecule is Cc1ccc(Sc2ccc(C(=O)NC3CCCCC3)cc2[N+](=O)[O-])cc1. The molecule has 1 fully saturated rings. The molecule has 0 radical (unpaired) electrons. The molecule has 0 unspecified atom stereocenters. The van der Waals surface area contributed by atoms with Crippen molar-refractivity contribution in [3.05, 3.63) is 63.7 Å². The summed E-state index contributed by atoms with van der Waals surface area (Å²) < 4.78 is 0. The minimum Gasteiger partial charge on any atom is -0.349 e. The quantitative estimate of drug-likeness (QED) is 0.586. The van der Waals surface area contributed by atoms with Gasteiger partial charge in [-0.15, -0.1) is 0 Å². The third-order valence-electron chi connectivity index (χ3n) is 4.61. The molecule has 1 N–H and O–H groups in total. The number of carbonyl (C=O) groups excluding carboxylic acids is 1. The lowest BCUT2D eigenvalue weighted by molar-refractivity contribution is -0.387. The van der Waals surface area contributed by atoms with Gasteiger partial charge in [0.05, 0.1) is 9.82 Å². The first-order valence-corrected chi connectivity index (χ1v) is 9.68. The maximum absolute atomic E-state index is 12.5. The summed E-state index contributed by atoms with van der Waals surface area (Å²) in [5, 5.41) is 14.5. The summed E-state index contributed by atoms with van der Waals surface area (Å²) in [4.78, 5) is 25.0. The molecule has 0 atom stereocenters. The van der Waals surface area contributed by atoms with Gasteiger partial charge in [-0.25, -0.2) is 0 Å². The number of hydrogen-bond donors (Lipinski definition) is 1. The maximum Gasteiger partial charge on any atom is 0.284 e. The van der Waals surface area contributed by atoms with E-state index in [2.05, 4.69) is 5.32 Å². The third kappa shape index (κ3) is 4.64. The summed E-state index contributed by atoms with van der Waals surface area (Å²) in [6.07, 6.45) is 5.42. The Morgan fingerprint density at radius 1 is 1.12 bits per heavy atom. The molecule has 0 saturated heterocycles. The van der Waals surface area contributed by atoms with Gasteiger partial charge < -0.3 is 5.32 Å². The molecule has 5 nitrogen and oxygen atoms in total. The summed E-state index contributed by atoms with van der Waals surface area (Å²) in [7, 11) is 0. The highest BCUT2D eigenvalue weighted by atomic mass is 32.2. The number of rotatable bonds is 5. The average Bonchev–Trinajstić information content (AvgIpc) is 2.64. The Labute approximate surface area is 157 Å². The second kappa shape index (κ2) is 8.36. The van der Waals surface area contributed by atoms with Crippen LogP contribution in [0.3, 0.4) is 0 Å². The van der Waals surface area contributed by atoms with E-state index in [0.717, 1.165) is 36.1 Å². The number of benzene rings is 2. The lowest BCUT2D eigenvalue weighted by Gasteiger charge is -2.22. The molecule has 3 rings (SSSR count). The summed E-state index contributed by atoms with van der Waals surface area (Å²) in [6.45, 7) is 2.00. The fourth-order valence-corrected chi connectivity index (χ4v) is 4.04. The van der Waals surface area contributed by atoms with Crippen molar-refractivity contribution in [2.75, 3.05) is 0 Å². The van der Waals surface area contributed by atoms with Gasteiger partial charge in [0.25, 0.3) is 11.6 Å². The molecule has 1 aliphatic carbocycles. The number of amides is 1. The number of carbonyl (C=O) groups is 1. The largest absolute Gasteiger partial charge is 0.349 e. The van der Waals surface area contributed by atoms with Gasteiger partial charge >= 0.3 is 0 Å². The van der Waals surface area contributed by atoms with E-state index in [9.17, 15) is 14.9 Å². The number of aryl methyl sites for hydroxylation is 1. The van der Waals surface area contributed by atoms with Crippen LogP contribution in [0.1, 0.15) is 48.0 Å². The monoisotopic (exact) mass is 370 g/mol. The van der Waals surface area contributed by atoms with Gasteiger partial charge in [0.15, 0.2) is 0 Å². The molecule has 2 aromatic rings. The van der Waals surface area contributed by atoms with Crippen molar-refractivity contribution in [2.45, 2.75) is 54.9 Å². The van der Waals surface area contributed by atoms with Gasteiger partial charge in [-0.3, -0.25) is 14.9 Å². The zero-order chi connectivity index (χ0) is 18.5. The summed E-state index contributed by atoms with van der Waals surface area (Å²) in [5.41, 5.74) is 1.45. The van der Waals surface area contributed by atoms with Crippen molar-refractivity contribution in [3.63, 3.8) is 0 Å². The molecule has 26 heavy (non-hydrogen) atoms. The molecular formula is C20H22N2O3S. The summed E-state index contributed by atoms with van der Waals surface area (Å²) in [6, 6.07) is 12.7. The van der Waals surface area contributed by atoms with E-state index in [0.29, 0.717) is 10.5 Å². The Hall–Kier alpha value is -2.34. The first-order valence-electron chi connectivity index (χ1n) is 8.87. The second-order valence-corrected chi connectivity index (χ2v) is 7.78. The molecule has 0 aliphatic heterocycles. The molecule has 1 saturated carbocycles. The van der Waals surface area contributed by atoms with Crippen LogP contribution in [0.4, 0.5) is 5.69 Å². The summed E-state index contributed by atoms with van der Waals surface area (Å²) >= 11 is 1.33. The predicted octanol–water partition coefficient (Wildman–Crippen LogP) is 5.12. The molecule has 0 bridgehead atoms. The van der Waals surface area contributed by atoms with Gasteiger partial charge in [-0.1, -0.05) is 48.7 Å². The molecule has 1 aliphatic rings. The Bertz CT molecular complexity index is 799. The van der Waals surface area contributed by atoms with E-state index in [-0.39, 0.29) is 17.6 Å². The van der Waals surface area contributed by atoms with Gasteiger partial charge in [0.1, 0.15) is 0 Å². The first kappa shape index (κ1) is 18.5. The lowest BCUT2D eigenvalue weighted by Crippen LogP contribution is -2.36. The van der Waals surface area contributed by atoms with E-state index in [1.165, 1.54) is 24.2 Å².